The summed E-state index contributed by atoms with van der Waals surface area (Å²) in [5.41, 5.74) is 2.50. The molecule has 1 fully saturated rings. The summed E-state index contributed by atoms with van der Waals surface area (Å²) in [6.07, 6.45) is 2.02. The predicted molar refractivity (Wildman–Crippen MR) is 95.6 cm³/mol. The van der Waals surface area contributed by atoms with Crippen molar-refractivity contribution in [1.29, 1.82) is 0 Å². The Balaban J connectivity index is 1.78. The van der Waals surface area contributed by atoms with Gasteiger partial charge < -0.3 is 10.6 Å². The zero-order chi connectivity index (χ0) is 16.0. The standard InChI is InChI=1S/C18H17F2IN2/c19-13-8-10(21)9-14(20)16(13)18-17-12(5-3-7-22-18)11-4-1-2-6-15(11)23-17/h1-2,4,6,8-9,12,17-18,22-23H,3,5,7H2. The lowest BCUT2D eigenvalue weighted by molar-refractivity contribution is 0.425. The molecule has 0 saturated carbocycles. The van der Waals surface area contributed by atoms with Crippen LogP contribution in [0.5, 0.6) is 0 Å². The second-order valence-electron chi connectivity index (χ2n) is 6.22. The normalized spacial score (nSPS) is 26.1. The summed E-state index contributed by atoms with van der Waals surface area (Å²) in [6.45, 7) is 0.770. The van der Waals surface area contributed by atoms with Crippen LogP contribution in [0.2, 0.25) is 0 Å². The number of benzene rings is 2. The Morgan fingerprint density at radius 3 is 2.61 bits per heavy atom. The number of rotatable bonds is 1. The zero-order valence-electron chi connectivity index (χ0n) is 12.5. The molecule has 120 valence electrons. The third-order valence-electron chi connectivity index (χ3n) is 4.89. The van der Waals surface area contributed by atoms with Crippen LogP contribution in [0.15, 0.2) is 36.4 Å². The summed E-state index contributed by atoms with van der Waals surface area (Å²) in [7, 11) is 0. The van der Waals surface area contributed by atoms with E-state index in [1.807, 2.05) is 40.8 Å². The number of halogens is 3. The molecule has 3 atom stereocenters. The van der Waals surface area contributed by atoms with Gasteiger partial charge in [-0.1, -0.05) is 18.2 Å². The van der Waals surface area contributed by atoms with Crippen molar-refractivity contribution in [2.45, 2.75) is 30.8 Å². The van der Waals surface area contributed by atoms with Gasteiger partial charge in [-0.2, -0.15) is 0 Å². The molecule has 4 rings (SSSR count). The molecule has 0 bridgehead atoms. The number of para-hydroxylation sites is 1. The highest BCUT2D eigenvalue weighted by Gasteiger charge is 2.40. The maximum Gasteiger partial charge on any atom is 0.132 e. The molecule has 0 radical (unpaired) electrons. The van der Waals surface area contributed by atoms with Crippen molar-refractivity contribution in [3.63, 3.8) is 0 Å². The van der Waals surface area contributed by atoms with Gasteiger partial charge in [-0.3, -0.25) is 0 Å². The van der Waals surface area contributed by atoms with E-state index in [9.17, 15) is 8.78 Å². The van der Waals surface area contributed by atoms with Gasteiger partial charge in [-0.05, 0) is 65.7 Å². The highest BCUT2D eigenvalue weighted by molar-refractivity contribution is 14.1. The number of nitrogens with one attached hydrogen (secondary N) is 2. The van der Waals surface area contributed by atoms with Gasteiger partial charge in [0.15, 0.2) is 0 Å². The highest BCUT2D eigenvalue weighted by atomic mass is 127. The quantitative estimate of drug-likeness (QED) is 0.653. The first-order chi connectivity index (χ1) is 11.1. The Labute approximate surface area is 147 Å². The highest BCUT2D eigenvalue weighted by Crippen LogP contribution is 2.45. The van der Waals surface area contributed by atoms with Crippen molar-refractivity contribution in [3.05, 3.63) is 62.7 Å². The molecule has 0 amide bonds. The van der Waals surface area contributed by atoms with E-state index in [4.69, 9.17) is 0 Å². The Hall–Kier alpha value is -1.21. The fraction of sp³-hybridized carbons (Fsp3) is 0.333. The molecule has 2 aromatic rings. The summed E-state index contributed by atoms with van der Waals surface area (Å²) in [5.74, 6) is -0.653. The lowest BCUT2D eigenvalue weighted by Crippen LogP contribution is -2.37. The fourth-order valence-corrected chi connectivity index (χ4v) is 4.46. The predicted octanol–water partition coefficient (Wildman–Crippen LogP) is 4.57. The van der Waals surface area contributed by atoms with E-state index in [2.05, 4.69) is 16.7 Å². The van der Waals surface area contributed by atoms with Gasteiger partial charge >= 0.3 is 0 Å². The smallest absolute Gasteiger partial charge is 0.132 e. The van der Waals surface area contributed by atoms with Crippen molar-refractivity contribution in [3.8, 4) is 0 Å². The third kappa shape index (κ3) is 2.63. The van der Waals surface area contributed by atoms with Crippen molar-refractivity contribution in [2.75, 3.05) is 11.9 Å². The van der Waals surface area contributed by atoms with Crippen molar-refractivity contribution in [1.82, 2.24) is 5.32 Å². The number of anilines is 1. The second-order valence-corrected chi connectivity index (χ2v) is 7.47. The summed E-state index contributed by atoms with van der Waals surface area (Å²) >= 11 is 1.94. The molecule has 0 spiro atoms. The third-order valence-corrected chi connectivity index (χ3v) is 5.51. The van der Waals surface area contributed by atoms with Gasteiger partial charge in [0.25, 0.3) is 0 Å². The van der Waals surface area contributed by atoms with Crippen LogP contribution in [0, 0.1) is 15.2 Å². The van der Waals surface area contributed by atoms with Crippen LogP contribution in [0.3, 0.4) is 0 Å². The van der Waals surface area contributed by atoms with Crippen LogP contribution in [0.1, 0.15) is 35.9 Å². The Kier molecular flexibility index (Phi) is 4.01. The molecule has 0 aromatic heterocycles. The molecule has 2 aliphatic heterocycles. The van der Waals surface area contributed by atoms with Crippen LogP contribution in [0.25, 0.3) is 0 Å². The lowest BCUT2D eigenvalue weighted by atomic mass is 9.85. The Bertz CT molecular complexity index is 727. The molecule has 2 nitrogen and oxygen atoms in total. The van der Waals surface area contributed by atoms with Crippen molar-refractivity contribution in [2.24, 2.45) is 0 Å². The van der Waals surface area contributed by atoms with Crippen LogP contribution < -0.4 is 10.6 Å². The minimum absolute atomic E-state index is 0.0287. The van der Waals surface area contributed by atoms with Crippen molar-refractivity contribution >= 4 is 28.3 Å². The molecule has 23 heavy (non-hydrogen) atoms. The SMILES string of the molecule is Fc1cc(I)cc(F)c1C1NCCCC2c3ccccc3NC21. The van der Waals surface area contributed by atoms with Gasteiger partial charge in [0.1, 0.15) is 11.6 Å². The average Bonchev–Trinajstić information content (AvgIpc) is 2.75. The number of fused-ring (bicyclic) bond motifs is 3. The first-order valence-electron chi connectivity index (χ1n) is 7.88. The van der Waals surface area contributed by atoms with Gasteiger partial charge in [-0.15, -0.1) is 0 Å². The maximum atomic E-state index is 14.5. The molecule has 3 unspecified atom stereocenters. The van der Waals surface area contributed by atoms with E-state index in [1.165, 1.54) is 17.7 Å². The summed E-state index contributed by atoms with van der Waals surface area (Å²) < 4.78 is 29.6. The van der Waals surface area contributed by atoms with Crippen LogP contribution in [-0.4, -0.2) is 12.6 Å². The summed E-state index contributed by atoms with van der Waals surface area (Å²) in [5, 5.41) is 6.86. The molecule has 2 N–H and O–H groups in total. The van der Waals surface area contributed by atoms with Gasteiger partial charge in [-0.25, -0.2) is 8.78 Å². The number of hydrogen-bond donors (Lipinski definition) is 2. The van der Waals surface area contributed by atoms with Gasteiger partial charge in [0.05, 0.1) is 12.1 Å². The van der Waals surface area contributed by atoms with E-state index in [-0.39, 0.29) is 23.6 Å². The summed E-state index contributed by atoms with van der Waals surface area (Å²) in [4.78, 5) is 0. The molecule has 0 aliphatic carbocycles. The van der Waals surface area contributed by atoms with E-state index in [0.29, 0.717) is 3.57 Å². The fourth-order valence-electron chi connectivity index (χ4n) is 3.91. The lowest BCUT2D eigenvalue weighted by Gasteiger charge is -2.28. The van der Waals surface area contributed by atoms with Gasteiger partial charge in [0.2, 0.25) is 0 Å². The van der Waals surface area contributed by atoms with Crippen LogP contribution in [-0.2, 0) is 0 Å². The Morgan fingerprint density at radius 1 is 1.09 bits per heavy atom. The molecule has 1 saturated heterocycles. The average molecular weight is 426 g/mol. The van der Waals surface area contributed by atoms with Crippen LogP contribution >= 0.6 is 22.6 Å². The largest absolute Gasteiger partial charge is 0.380 e. The second kappa shape index (κ2) is 6.02. The monoisotopic (exact) mass is 426 g/mol. The Morgan fingerprint density at radius 2 is 1.83 bits per heavy atom. The van der Waals surface area contributed by atoms with E-state index < -0.39 is 11.6 Å². The first kappa shape index (κ1) is 15.3. The summed E-state index contributed by atoms with van der Waals surface area (Å²) in [6, 6.07) is 10.6. The molecular formula is C18H17F2IN2. The maximum absolute atomic E-state index is 14.5. The first-order valence-corrected chi connectivity index (χ1v) is 8.96. The molecule has 2 heterocycles. The molecule has 2 aromatic carbocycles. The topological polar surface area (TPSA) is 24.1 Å². The van der Waals surface area contributed by atoms with Crippen LogP contribution in [0.4, 0.5) is 14.5 Å². The van der Waals surface area contributed by atoms with Crippen molar-refractivity contribution < 1.29 is 8.78 Å². The molecular weight excluding hydrogens is 409 g/mol. The number of hydrogen-bond acceptors (Lipinski definition) is 2. The van der Waals surface area contributed by atoms with E-state index in [0.717, 1.165) is 25.1 Å². The molecule has 2 aliphatic rings. The zero-order valence-corrected chi connectivity index (χ0v) is 14.6. The van der Waals surface area contributed by atoms with Gasteiger partial charge in [0, 0.05) is 20.7 Å². The van der Waals surface area contributed by atoms with E-state index >= 15 is 0 Å². The van der Waals surface area contributed by atoms with E-state index in [1.54, 1.807) is 0 Å². The molecule has 5 heteroatoms. The minimum atomic E-state index is -0.467. The minimum Gasteiger partial charge on any atom is -0.380 e.